The maximum atomic E-state index is 11.8. The van der Waals surface area contributed by atoms with Crippen LogP contribution < -0.4 is 5.32 Å². The molecule has 1 atom stereocenters. The number of nitrogens with zero attached hydrogens (tertiary/aromatic N) is 1. The smallest absolute Gasteiger partial charge is 0.270 e. The SMILES string of the molecule is CC(CO)CCCNC(=O)c1ccc([N+](=O)[O-])cc1Cl. The van der Waals surface area contributed by atoms with Gasteiger partial charge in [0.05, 0.1) is 15.5 Å². The van der Waals surface area contributed by atoms with Gasteiger partial charge in [0.1, 0.15) is 0 Å². The number of halogens is 1. The minimum absolute atomic E-state index is 0.0560. The van der Waals surface area contributed by atoms with Gasteiger partial charge in [0.25, 0.3) is 11.6 Å². The van der Waals surface area contributed by atoms with Crippen LogP contribution in [0.15, 0.2) is 18.2 Å². The molecule has 0 saturated heterocycles. The van der Waals surface area contributed by atoms with Crippen LogP contribution in [0.5, 0.6) is 0 Å². The molecule has 7 heteroatoms. The molecule has 1 amide bonds. The van der Waals surface area contributed by atoms with E-state index in [-0.39, 0.29) is 34.7 Å². The zero-order valence-corrected chi connectivity index (χ0v) is 11.9. The molecule has 1 aromatic carbocycles. The Bertz CT molecular complexity index is 493. The van der Waals surface area contributed by atoms with Gasteiger partial charge in [-0.1, -0.05) is 18.5 Å². The zero-order chi connectivity index (χ0) is 15.1. The number of aliphatic hydroxyl groups excluding tert-OH is 1. The summed E-state index contributed by atoms with van der Waals surface area (Å²) in [5.41, 5.74) is 0.0655. The molecule has 6 nitrogen and oxygen atoms in total. The Morgan fingerprint density at radius 2 is 2.25 bits per heavy atom. The second kappa shape index (κ2) is 7.81. The number of rotatable bonds is 7. The molecule has 0 spiro atoms. The van der Waals surface area contributed by atoms with Crippen LogP contribution in [0.2, 0.25) is 5.02 Å². The Morgan fingerprint density at radius 3 is 2.80 bits per heavy atom. The third-order valence-corrected chi connectivity index (χ3v) is 3.19. The first-order valence-corrected chi connectivity index (χ1v) is 6.66. The molecule has 1 unspecified atom stereocenters. The molecule has 0 aliphatic heterocycles. The molecule has 0 aromatic heterocycles. The summed E-state index contributed by atoms with van der Waals surface area (Å²) in [6, 6.07) is 3.74. The summed E-state index contributed by atoms with van der Waals surface area (Å²) >= 11 is 5.86. The molecule has 0 saturated carbocycles. The van der Waals surface area contributed by atoms with Crippen molar-refractivity contribution in [3.05, 3.63) is 38.9 Å². The molecule has 20 heavy (non-hydrogen) atoms. The Balaban J connectivity index is 2.53. The van der Waals surface area contributed by atoms with Crippen molar-refractivity contribution in [2.75, 3.05) is 13.2 Å². The van der Waals surface area contributed by atoms with Gasteiger partial charge < -0.3 is 10.4 Å². The third kappa shape index (κ3) is 4.79. The number of benzene rings is 1. The van der Waals surface area contributed by atoms with Crippen LogP contribution in [0.4, 0.5) is 5.69 Å². The topological polar surface area (TPSA) is 92.5 Å². The molecule has 0 radical (unpaired) electrons. The van der Waals surface area contributed by atoms with Gasteiger partial charge >= 0.3 is 0 Å². The molecule has 0 heterocycles. The second-order valence-corrected chi connectivity index (χ2v) is 5.01. The highest BCUT2D eigenvalue weighted by atomic mass is 35.5. The summed E-state index contributed by atoms with van der Waals surface area (Å²) in [6.07, 6.45) is 1.56. The maximum Gasteiger partial charge on any atom is 0.270 e. The summed E-state index contributed by atoms with van der Waals surface area (Å²) in [6.45, 7) is 2.52. The Hall–Kier alpha value is -1.66. The monoisotopic (exact) mass is 300 g/mol. The van der Waals surface area contributed by atoms with Gasteiger partial charge in [-0.05, 0) is 24.8 Å². The summed E-state index contributed by atoms with van der Waals surface area (Å²) < 4.78 is 0. The largest absolute Gasteiger partial charge is 0.396 e. The molecule has 110 valence electrons. The Kier molecular flexibility index (Phi) is 6.41. The first-order valence-electron chi connectivity index (χ1n) is 6.28. The minimum Gasteiger partial charge on any atom is -0.396 e. The van der Waals surface area contributed by atoms with Crippen LogP contribution in [0.25, 0.3) is 0 Å². The molecule has 0 fully saturated rings. The van der Waals surface area contributed by atoms with Gasteiger partial charge in [-0.25, -0.2) is 0 Å². The van der Waals surface area contributed by atoms with Gasteiger partial charge in [-0.2, -0.15) is 0 Å². The predicted octanol–water partition coefficient (Wildman–Crippen LogP) is 2.39. The van der Waals surface area contributed by atoms with E-state index in [0.29, 0.717) is 6.54 Å². The molecule has 1 rings (SSSR count). The van der Waals surface area contributed by atoms with Crippen molar-refractivity contribution in [2.24, 2.45) is 5.92 Å². The molecule has 0 aliphatic carbocycles. The number of carbonyl (C=O) groups is 1. The van der Waals surface area contributed by atoms with Crippen molar-refractivity contribution >= 4 is 23.2 Å². The number of hydrogen-bond donors (Lipinski definition) is 2. The van der Waals surface area contributed by atoms with Crippen molar-refractivity contribution < 1.29 is 14.8 Å². The molecule has 2 N–H and O–H groups in total. The van der Waals surface area contributed by atoms with E-state index >= 15 is 0 Å². The number of non-ortho nitro benzene ring substituents is 1. The number of hydrogen-bond acceptors (Lipinski definition) is 4. The fourth-order valence-electron chi connectivity index (χ4n) is 1.64. The van der Waals surface area contributed by atoms with Gasteiger partial charge in [0, 0.05) is 25.3 Å². The molecule has 0 aliphatic rings. The van der Waals surface area contributed by atoms with E-state index < -0.39 is 4.92 Å². The highest BCUT2D eigenvalue weighted by Gasteiger charge is 2.14. The van der Waals surface area contributed by atoms with Crippen molar-refractivity contribution in [1.29, 1.82) is 0 Å². The lowest BCUT2D eigenvalue weighted by Crippen LogP contribution is -2.25. The van der Waals surface area contributed by atoms with Gasteiger partial charge in [0.2, 0.25) is 0 Å². The highest BCUT2D eigenvalue weighted by molar-refractivity contribution is 6.34. The van der Waals surface area contributed by atoms with Crippen LogP contribution in [0, 0.1) is 16.0 Å². The number of nitrogens with one attached hydrogen (secondary N) is 1. The fraction of sp³-hybridized carbons (Fsp3) is 0.462. The quantitative estimate of drug-likeness (QED) is 0.459. The summed E-state index contributed by atoms with van der Waals surface area (Å²) in [4.78, 5) is 21.8. The van der Waals surface area contributed by atoms with E-state index in [1.165, 1.54) is 12.1 Å². The molecule has 0 bridgehead atoms. The average Bonchev–Trinajstić information content (AvgIpc) is 2.42. The standard InChI is InChI=1S/C13H17ClN2O4/c1-9(8-17)3-2-6-15-13(18)11-5-4-10(16(19)20)7-12(11)14/h4-5,7,9,17H,2-3,6,8H2,1H3,(H,15,18). The summed E-state index contributed by atoms with van der Waals surface area (Å²) in [7, 11) is 0. The van der Waals surface area contributed by atoms with E-state index in [0.717, 1.165) is 18.9 Å². The van der Waals surface area contributed by atoms with E-state index in [1.54, 1.807) is 0 Å². The lowest BCUT2D eigenvalue weighted by molar-refractivity contribution is -0.384. The zero-order valence-electron chi connectivity index (χ0n) is 11.1. The van der Waals surface area contributed by atoms with Gasteiger partial charge in [-0.15, -0.1) is 0 Å². The second-order valence-electron chi connectivity index (χ2n) is 4.61. The van der Waals surface area contributed by atoms with E-state index in [4.69, 9.17) is 16.7 Å². The van der Waals surface area contributed by atoms with Crippen molar-refractivity contribution in [1.82, 2.24) is 5.32 Å². The van der Waals surface area contributed by atoms with Crippen LogP contribution in [0.3, 0.4) is 0 Å². The lowest BCUT2D eigenvalue weighted by Gasteiger charge is -2.09. The number of nitro benzene ring substituents is 1. The highest BCUT2D eigenvalue weighted by Crippen LogP contribution is 2.22. The van der Waals surface area contributed by atoms with Crippen molar-refractivity contribution in [2.45, 2.75) is 19.8 Å². The summed E-state index contributed by atoms with van der Waals surface area (Å²) in [5, 5.41) is 22.2. The fourth-order valence-corrected chi connectivity index (χ4v) is 1.90. The number of aliphatic hydroxyl groups is 1. The Labute approximate surface area is 121 Å². The van der Waals surface area contributed by atoms with Gasteiger partial charge in [-0.3, -0.25) is 14.9 Å². The van der Waals surface area contributed by atoms with Crippen LogP contribution >= 0.6 is 11.6 Å². The predicted molar refractivity (Wildman–Crippen MR) is 75.9 cm³/mol. The maximum absolute atomic E-state index is 11.8. The normalized spacial score (nSPS) is 11.9. The van der Waals surface area contributed by atoms with Crippen molar-refractivity contribution in [3.63, 3.8) is 0 Å². The molecular weight excluding hydrogens is 284 g/mol. The van der Waals surface area contributed by atoms with Crippen LogP contribution in [0.1, 0.15) is 30.1 Å². The lowest BCUT2D eigenvalue weighted by atomic mass is 10.1. The number of carbonyl (C=O) groups excluding carboxylic acids is 1. The molecular formula is C13H17ClN2O4. The van der Waals surface area contributed by atoms with Gasteiger partial charge in [0.15, 0.2) is 0 Å². The molecule has 1 aromatic rings. The third-order valence-electron chi connectivity index (χ3n) is 2.88. The van der Waals surface area contributed by atoms with Crippen LogP contribution in [-0.4, -0.2) is 29.1 Å². The first-order chi connectivity index (χ1) is 9.45. The van der Waals surface area contributed by atoms with E-state index in [9.17, 15) is 14.9 Å². The first kappa shape index (κ1) is 16.4. The Morgan fingerprint density at radius 1 is 1.55 bits per heavy atom. The number of amides is 1. The van der Waals surface area contributed by atoms with Crippen LogP contribution in [-0.2, 0) is 0 Å². The summed E-state index contributed by atoms with van der Waals surface area (Å²) in [5.74, 6) is -0.156. The minimum atomic E-state index is -0.566. The van der Waals surface area contributed by atoms with E-state index in [1.807, 2.05) is 6.92 Å². The van der Waals surface area contributed by atoms with Crippen molar-refractivity contribution in [3.8, 4) is 0 Å². The number of nitro groups is 1. The van der Waals surface area contributed by atoms with E-state index in [2.05, 4.69) is 5.32 Å². The average molecular weight is 301 g/mol.